The van der Waals surface area contributed by atoms with E-state index in [1.165, 1.54) is 26.2 Å². The predicted octanol–water partition coefficient (Wildman–Crippen LogP) is 3.41. The third-order valence-corrected chi connectivity index (χ3v) is 6.12. The van der Waals surface area contributed by atoms with Gasteiger partial charge in [-0.25, -0.2) is 8.42 Å². The highest BCUT2D eigenvalue weighted by Gasteiger charge is 2.46. The van der Waals surface area contributed by atoms with Crippen LogP contribution in [-0.2, 0) is 10.0 Å². The van der Waals surface area contributed by atoms with Gasteiger partial charge in [0.25, 0.3) is 4.45 Å². The zero-order chi connectivity index (χ0) is 19.5. The number of aryl methyl sites for hydroxylation is 1. The molecule has 0 fully saturated rings. The second kappa shape index (κ2) is 7.73. The summed E-state index contributed by atoms with van der Waals surface area (Å²) in [5, 5.41) is 11.5. The molecule has 0 aliphatic heterocycles. The summed E-state index contributed by atoms with van der Waals surface area (Å²) in [6.45, 7) is 3.14. The molecule has 0 unspecified atom stereocenters. The van der Waals surface area contributed by atoms with Gasteiger partial charge in [0.05, 0.1) is 12.0 Å². The molecule has 2 aromatic carbocycles. The summed E-state index contributed by atoms with van der Waals surface area (Å²) in [5.74, 6) is 0.561. The first kappa shape index (κ1) is 20.3. The number of sulfonamides is 1. The largest absolute Gasteiger partial charge is 0.497 e. The van der Waals surface area contributed by atoms with Gasteiger partial charge in [-0.05, 0) is 36.8 Å². The number of rotatable bonds is 7. The minimum absolute atomic E-state index is 0.0354. The van der Waals surface area contributed by atoms with Crippen LogP contribution in [0.2, 0.25) is 0 Å². The maximum absolute atomic E-state index is 12.7. The van der Waals surface area contributed by atoms with Crippen molar-refractivity contribution in [1.29, 1.82) is 0 Å². The van der Waals surface area contributed by atoms with Crippen LogP contribution in [-0.4, -0.2) is 24.9 Å². The Morgan fingerprint density at radius 3 is 2.15 bits per heavy atom. The highest BCUT2D eigenvalue weighted by Crippen LogP contribution is 2.36. The third-order valence-electron chi connectivity index (χ3n) is 3.94. The van der Waals surface area contributed by atoms with Crippen LogP contribution in [0.1, 0.15) is 24.1 Å². The second-order valence-electron chi connectivity index (χ2n) is 5.92. The molecule has 7 nitrogen and oxygen atoms in total. The highest BCUT2D eigenvalue weighted by atomic mass is 79.9. The van der Waals surface area contributed by atoms with E-state index in [0.717, 1.165) is 5.56 Å². The minimum atomic E-state index is -3.97. The van der Waals surface area contributed by atoms with Crippen LogP contribution >= 0.6 is 15.9 Å². The Kier molecular flexibility index (Phi) is 6.05. The van der Waals surface area contributed by atoms with Crippen LogP contribution < -0.4 is 9.46 Å². The Balaban J connectivity index is 2.46. The van der Waals surface area contributed by atoms with Gasteiger partial charge in [-0.15, -0.1) is 0 Å². The fourth-order valence-corrected chi connectivity index (χ4v) is 4.16. The van der Waals surface area contributed by atoms with Gasteiger partial charge in [0, 0.05) is 27.8 Å². The number of hydrogen-bond donors (Lipinski definition) is 1. The van der Waals surface area contributed by atoms with Gasteiger partial charge in [0.1, 0.15) is 11.8 Å². The van der Waals surface area contributed by atoms with Crippen LogP contribution in [0, 0.1) is 17.0 Å². The predicted molar refractivity (Wildman–Crippen MR) is 102 cm³/mol. The molecule has 0 heterocycles. The Morgan fingerprint density at radius 1 is 1.15 bits per heavy atom. The molecular formula is C17H19BrN2O5S. The summed E-state index contributed by atoms with van der Waals surface area (Å²) in [6.07, 6.45) is 0. The van der Waals surface area contributed by atoms with E-state index in [4.69, 9.17) is 4.74 Å². The molecule has 0 spiro atoms. The van der Waals surface area contributed by atoms with Gasteiger partial charge in [-0.2, -0.15) is 4.72 Å². The van der Waals surface area contributed by atoms with E-state index >= 15 is 0 Å². The van der Waals surface area contributed by atoms with Crippen molar-refractivity contribution in [3.63, 3.8) is 0 Å². The minimum Gasteiger partial charge on any atom is -0.497 e. The first-order chi connectivity index (χ1) is 12.1. The van der Waals surface area contributed by atoms with Crippen molar-refractivity contribution < 1.29 is 18.1 Å². The number of alkyl halides is 1. The van der Waals surface area contributed by atoms with Crippen LogP contribution in [0.25, 0.3) is 0 Å². The van der Waals surface area contributed by atoms with Gasteiger partial charge in [0.2, 0.25) is 10.0 Å². The van der Waals surface area contributed by atoms with Gasteiger partial charge >= 0.3 is 0 Å². The number of ether oxygens (including phenoxy) is 1. The molecule has 2 atom stereocenters. The summed E-state index contributed by atoms with van der Waals surface area (Å²) < 4.78 is 31.3. The SMILES string of the molecule is COc1ccc([C@H](NS(=O)(=O)c2ccc(C)cc2)[C@](C)(Br)[N+](=O)[O-])cc1. The fraction of sp³-hybridized carbons (Fsp3) is 0.294. The average molecular weight is 443 g/mol. The van der Waals surface area contributed by atoms with Crippen molar-refractivity contribution >= 4 is 26.0 Å². The molecule has 0 bridgehead atoms. The maximum atomic E-state index is 12.7. The van der Waals surface area contributed by atoms with Crippen molar-refractivity contribution in [2.75, 3.05) is 7.11 Å². The summed E-state index contributed by atoms with van der Waals surface area (Å²) in [5.41, 5.74) is 1.34. The Bertz CT molecular complexity index is 880. The monoisotopic (exact) mass is 442 g/mol. The molecule has 0 aromatic heterocycles. The molecule has 26 heavy (non-hydrogen) atoms. The van der Waals surface area contributed by atoms with E-state index in [9.17, 15) is 18.5 Å². The molecule has 2 aromatic rings. The highest BCUT2D eigenvalue weighted by molar-refractivity contribution is 9.10. The number of hydrogen-bond acceptors (Lipinski definition) is 5. The molecule has 9 heteroatoms. The van der Waals surface area contributed by atoms with Gasteiger partial charge in [0.15, 0.2) is 0 Å². The van der Waals surface area contributed by atoms with E-state index in [1.54, 1.807) is 36.4 Å². The summed E-state index contributed by atoms with van der Waals surface area (Å²) in [4.78, 5) is 11.0. The van der Waals surface area contributed by atoms with Crippen molar-refractivity contribution in [1.82, 2.24) is 4.72 Å². The second-order valence-corrected chi connectivity index (χ2v) is 9.24. The van der Waals surface area contributed by atoms with E-state index in [2.05, 4.69) is 20.7 Å². The van der Waals surface area contributed by atoms with Crippen LogP contribution in [0.4, 0.5) is 0 Å². The lowest BCUT2D eigenvalue weighted by Crippen LogP contribution is -2.45. The van der Waals surface area contributed by atoms with Crippen molar-refractivity contribution in [3.8, 4) is 5.75 Å². The molecule has 1 N–H and O–H groups in total. The molecule has 0 aliphatic carbocycles. The first-order valence-corrected chi connectivity index (χ1v) is 9.92. The molecule has 0 amide bonds. The molecule has 140 valence electrons. The van der Waals surface area contributed by atoms with Gasteiger partial charge in [-0.3, -0.25) is 10.1 Å². The van der Waals surface area contributed by atoms with E-state index < -0.39 is 25.4 Å². The fourth-order valence-electron chi connectivity index (χ4n) is 2.32. The quantitative estimate of drug-likeness (QED) is 0.306. The number of benzene rings is 2. The zero-order valence-corrected chi connectivity index (χ0v) is 16.9. The maximum Gasteiger partial charge on any atom is 0.291 e. The lowest BCUT2D eigenvalue weighted by atomic mass is 10.0. The number of nitrogens with one attached hydrogen (secondary N) is 1. The van der Waals surface area contributed by atoms with Crippen molar-refractivity contribution in [3.05, 3.63) is 69.8 Å². The normalized spacial score (nSPS) is 15.1. The molecule has 0 radical (unpaired) electrons. The van der Waals surface area contributed by atoms with Gasteiger partial charge in [-0.1, -0.05) is 29.8 Å². The molecule has 0 saturated carbocycles. The number of methoxy groups -OCH3 is 1. The third kappa shape index (κ3) is 4.40. The Morgan fingerprint density at radius 2 is 1.69 bits per heavy atom. The van der Waals surface area contributed by atoms with E-state index in [0.29, 0.717) is 11.3 Å². The van der Waals surface area contributed by atoms with E-state index in [-0.39, 0.29) is 4.90 Å². The summed E-state index contributed by atoms with van der Waals surface area (Å²) >= 11 is 3.06. The van der Waals surface area contributed by atoms with Crippen molar-refractivity contribution in [2.45, 2.75) is 29.2 Å². The number of nitro groups is 1. The summed E-state index contributed by atoms with van der Waals surface area (Å²) in [6, 6.07) is 11.5. The standard InChI is InChI=1S/C17H19BrN2O5S/c1-12-4-10-15(11-5-12)26(23,24)19-16(17(2,18)20(21)22)13-6-8-14(25-3)9-7-13/h4-11,16,19H,1-3H3/t16-,17+/m0/s1. The van der Waals surface area contributed by atoms with Crippen LogP contribution in [0.3, 0.4) is 0 Å². The van der Waals surface area contributed by atoms with Crippen molar-refractivity contribution in [2.24, 2.45) is 0 Å². The lowest BCUT2D eigenvalue weighted by molar-refractivity contribution is -0.536. The van der Waals surface area contributed by atoms with E-state index in [1.807, 2.05) is 6.92 Å². The molecule has 2 rings (SSSR count). The Labute approximate surface area is 160 Å². The molecule has 0 saturated heterocycles. The van der Waals surface area contributed by atoms with Gasteiger partial charge < -0.3 is 4.74 Å². The summed E-state index contributed by atoms with van der Waals surface area (Å²) in [7, 11) is -2.47. The topological polar surface area (TPSA) is 98.5 Å². The number of halogens is 1. The molecular weight excluding hydrogens is 424 g/mol. The smallest absolute Gasteiger partial charge is 0.291 e. The first-order valence-electron chi connectivity index (χ1n) is 7.64. The average Bonchev–Trinajstić information content (AvgIpc) is 2.60. The van der Waals surface area contributed by atoms with Crippen LogP contribution in [0.15, 0.2) is 53.4 Å². The number of nitrogens with zero attached hydrogens (tertiary/aromatic N) is 1. The van der Waals surface area contributed by atoms with Crippen LogP contribution in [0.5, 0.6) is 5.75 Å². The zero-order valence-electron chi connectivity index (χ0n) is 14.5. The molecule has 0 aliphatic rings. The lowest BCUT2D eigenvalue weighted by Gasteiger charge is -2.26. The Hall–Kier alpha value is -1.97.